The Morgan fingerprint density at radius 2 is 2.24 bits per heavy atom. The third-order valence-corrected chi connectivity index (χ3v) is 5.59. The summed E-state index contributed by atoms with van der Waals surface area (Å²) in [7, 11) is 3.88. The molecular weight excluding hydrogens is 266 g/mol. The van der Waals surface area contributed by atoms with Gasteiger partial charge in [0.15, 0.2) is 11.5 Å². The van der Waals surface area contributed by atoms with Crippen LogP contribution < -0.4 is 9.47 Å². The largest absolute Gasteiger partial charge is 0.493 e. The zero-order valence-electron chi connectivity index (χ0n) is 12.8. The lowest BCUT2D eigenvalue weighted by Crippen LogP contribution is -2.45. The molecule has 3 atom stereocenters. The van der Waals surface area contributed by atoms with Crippen molar-refractivity contribution in [2.24, 2.45) is 0 Å². The fraction of sp³-hybridized carbons (Fsp3) is 0.647. The summed E-state index contributed by atoms with van der Waals surface area (Å²) in [5, 5.41) is 10.1. The van der Waals surface area contributed by atoms with Crippen LogP contribution in [0.3, 0.4) is 0 Å². The van der Waals surface area contributed by atoms with Gasteiger partial charge in [-0.1, -0.05) is 6.07 Å². The lowest BCUT2D eigenvalue weighted by atomic mass is 9.65. The molecule has 2 heterocycles. The van der Waals surface area contributed by atoms with Gasteiger partial charge in [0.05, 0.1) is 13.2 Å². The van der Waals surface area contributed by atoms with E-state index in [0.29, 0.717) is 0 Å². The molecule has 0 radical (unpaired) electrons. The van der Waals surface area contributed by atoms with Crippen molar-refractivity contribution in [2.75, 3.05) is 20.7 Å². The van der Waals surface area contributed by atoms with Gasteiger partial charge in [0.1, 0.15) is 6.10 Å². The number of hydrogen-bond acceptors (Lipinski definition) is 4. The number of hydrogen-bond donors (Lipinski definition) is 1. The average molecular weight is 289 g/mol. The van der Waals surface area contributed by atoms with E-state index in [9.17, 15) is 5.11 Å². The van der Waals surface area contributed by atoms with Gasteiger partial charge in [-0.15, -0.1) is 0 Å². The molecule has 1 N–H and O–H groups in total. The molecule has 1 unspecified atom stereocenters. The molecule has 4 heteroatoms. The zero-order chi connectivity index (χ0) is 14.6. The van der Waals surface area contributed by atoms with E-state index >= 15 is 0 Å². The molecule has 1 aliphatic carbocycles. The van der Waals surface area contributed by atoms with Crippen LogP contribution in [0.5, 0.6) is 11.5 Å². The van der Waals surface area contributed by atoms with Crippen molar-refractivity contribution >= 4 is 0 Å². The van der Waals surface area contributed by atoms with E-state index in [-0.39, 0.29) is 17.6 Å². The van der Waals surface area contributed by atoms with Gasteiger partial charge in [-0.3, -0.25) is 0 Å². The van der Waals surface area contributed by atoms with Gasteiger partial charge in [-0.25, -0.2) is 0 Å². The van der Waals surface area contributed by atoms with E-state index in [2.05, 4.69) is 18.0 Å². The highest BCUT2D eigenvalue weighted by atomic mass is 16.5. The number of nitrogens with zero attached hydrogens (tertiary/aromatic N) is 1. The van der Waals surface area contributed by atoms with Crippen molar-refractivity contribution < 1.29 is 14.6 Å². The molecule has 3 aliphatic rings. The summed E-state index contributed by atoms with van der Waals surface area (Å²) in [4.78, 5) is 2.39. The fourth-order valence-electron chi connectivity index (χ4n) is 4.50. The van der Waals surface area contributed by atoms with Crippen molar-refractivity contribution in [3.63, 3.8) is 0 Å². The first kappa shape index (κ1) is 13.4. The highest BCUT2D eigenvalue weighted by molar-refractivity contribution is 5.58. The highest BCUT2D eigenvalue weighted by Gasteiger charge is 2.54. The Balaban J connectivity index is 1.90. The Kier molecular flexibility index (Phi) is 2.95. The molecule has 114 valence electrons. The predicted octanol–water partition coefficient (Wildman–Crippen LogP) is 2.07. The lowest BCUT2D eigenvalue weighted by Gasteiger charge is -2.40. The van der Waals surface area contributed by atoms with Crippen molar-refractivity contribution in [3.8, 4) is 11.5 Å². The molecule has 1 aromatic carbocycles. The molecule has 4 nitrogen and oxygen atoms in total. The van der Waals surface area contributed by atoms with E-state index < -0.39 is 0 Å². The summed E-state index contributed by atoms with van der Waals surface area (Å²) in [5.74, 6) is 1.77. The summed E-state index contributed by atoms with van der Waals surface area (Å²) >= 11 is 0. The number of benzene rings is 1. The van der Waals surface area contributed by atoms with Crippen molar-refractivity contribution in [1.29, 1.82) is 0 Å². The van der Waals surface area contributed by atoms with E-state index in [0.717, 1.165) is 50.3 Å². The maximum Gasteiger partial charge on any atom is 0.165 e. The lowest BCUT2D eigenvalue weighted by molar-refractivity contribution is 0.0120. The zero-order valence-corrected chi connectivity index (χ0v) is 12.8. The fourth-order valence-corrected chi connectivity index (χ4v) is 4.50. The molecule has 4 rings (SSSR count). The number of ether oxygens (including phenoxy) is 2. The molecule has 0 saturated heterocycles. The Morgan fingerprint density at radius 1 is 1.38 bits per heavy atom. The van der Waals surface area contributed by atoms with Crippen LogP contribution in [0.15, 0.2) is 12.1 Å². The minimum atomic E-state index is -0.231. The van der Waals surface area contributed by atoms with Crippen LogP contribution in [0.25, 0.3) is 0 Å². The quantitative estimate of drug-likeness (QED) is 0.859. The van der Waals surface area contributed by atoms with Crippen molar-refractivity contribution in [1.82, 2.24) is 4.90 Å². The van der Waals surface area contributed by atoms with E-state index in [4.69, 9.17) is 9.47 Å². The van der Waals surface area contributed by atoms with E-state index in [1.807, 2.05) is 6.07 Å². The second-order valence-corrected chi connectivity index (χ2v) is 6.81. The summed E-state index contributed by atoms with van der Waals surface area (Å²) < 4.78 is 11.8. The number of rotatable bonds is 1. The number of aliphatic hydroxyl groups excluding tert-OH is 1. The topological polar surface area (TPSA) is 41.9 Å². The summed E-state index contributed by atoms with van der Waals surface area (Å²) in [6, 6.07) is 4.22. The monoisotopic (exact) mass is 289 g/mol. The number of aliphatic hydroxyl groups is 1. The van der Waals surface area contributed by atoms with Crippen molar-refractivity contribution in [3.05, 3.63) is 23.3 Å². The van der Waals surface area contributed by atoms with Gasteiger partial charge in [0.25, 0.3) is 0 Å². The van der Waals surface area contributed by atoms with Crippen LogP contribution in [0.2, 0.25) is 0 Å². The summed E-state index contributed by atoms with van der Waals surface area (Å²) in [6.45, 7) is 2.04. The maximum absolute atomic E-state index is 10.1. The minimum absolute atomic E-state index is 0.0726. The van der Waals surface area contributed by atoms with Gasteiger partial charge >= 0.3 is 0 Å². The predicted molar refractivity (Wildman–Crippen MR) is 79.9 cm³/mol. The molecule has 1 spiro atoms. The van der Waals surface area contributed by atoms with Gasteiger partial charge in [-0.2, -0.15) is 0 Å². The molecule has 1 aromatic rings. The first-order chi connectivity index (χ1) is 10.1. The average Bonchev–Trinajstić information content (AvgIpc) is 2.72. The normalized spacial score (nSPS) is 34.6. The van der Waals surface area contributed by atoms with Gasteiger partial charge < -0.3 is 19.5 Å². The van der Waals surface area contributed by atoms with Crippen LogP contribution in [0, 0.1) is 0 Å². The molecule has 21 heavy (non-hydrogen) atoms. The Labute approximate surface area is 125 Å². The standard InChI is InChI=1S/C17H23NO3/c1-18-8-7-17-6-5-12(19)9-14(17)21-16-13(20-2)4-3-11(10-18)15(16)17/h3-4,12,14,19H,5-10H2,1-2H3/t12?,14-,17-/m0/s1. The van der Waals surface area contributed by atoms with Gasteiger partial charge in [0, 0.05) is 23.9 Å². The third kappa shape index (κ3) is 1.82. The van der Waals surface area contributed by atoms with Crippen LogP contribution >= 0.6 is 0 Å². The second-order valence-electron chi connectivity index (χ2n) is 6.81. The van der Waals surface area contributed by atoms with E-state index in [1.54, 1.807) is 7.11 Å². The van der Waals surface area contributed by atoms with Crippen LogP contribution in [-0.4, -0.2) is 42.9 Å². The molecule has 2 aliphatic heterocycles. The third-order valence-electron chi connectivity index (χ3n) is 5.59. The SMILES string of the molecule is COc1ccc2c3c1O[C@H]1CC(O)CC[C@@]31CCN(C)C2. The van der Waals surface area contributed by atoms with E-state index in [1.165, 1.54) is 11.1 Å². The molecular formula is C17H23NO3. The second kappa shape index (κ2) is 4.62. The summed E-state index contributed by atoms with van der Waals surface area (Å²) in [6.07, 6.45) is 3.59. The van der Waals surface area contributed by atoms with Crippen LogP contribution in [0.1, 0.15) is 36.8 Å². The molecule has 0 aromatic heterocycles. The molecule has 0 bridgehead atoms. The molecule has 1 fully saturated rings. The summed E-state index contributed by atoms with van der Waals surface area (Å²) in [5.41, 5.74) is 2.80. The first-order valence-electron chi connectivity index (χ1n) is 7.87. The van der Waals surface area contributed by atoms with Crippen LogP contribution in [0.4, 0.5) is 0 Å². The Morgan fingerprint density at radius 3 is 3.05 bits per heavy atom. The first-order valence-corrected chi connectivity index (χ1v) is 7.87. The number of methoxy groups -OCH3 is 1. The molecule has 1 saturated carbocycles. The highest BCUT2D eigenvalue weighted by Crippen LogP contribution is 2.57. The molecule has 0 amide bonds. The van der Waals surface area contributed by atoms with Gasteiger partial charge in [-0.05, 0) is 44.5 Å². The Bertz CT molecular complexity index is 573. The maximum atomic E-state index is 10.1. The minimum Gasteiger partial charge on any atom is -0.493 e. The van der Waals surface area contributed by atoms with Crippen LogP contribution in [-0.2, 0) is 12.0 Å². The van der Waals surface area contributed by atoms with Crippen molar-refractivity contribution in [2.45, 2.75) is 49.9 Å². The smallest absolute Gasteiger partial charge is 0.165 e. The Hall–Kier alpha value is -1.26. The van der Waals surface area contributed by atoms with Gasteiger partial charge in [0.2, 0.25) is 0 Å².